The molecule has 0 aromatic carbocycles. The van der Waals surface area contributed by atoms with Crippen LogP contribution in [-0.4, -0.2) is 21.4 Å². The van der Waals surface area contributed by atoms with E-state index in [2.05, 4.69) is 20.7 Å². The van der Waals surface area contributed by atoms with E-state index in [-0.39, 0.29) is 12.3 Å². The second-order valence-corrected chi connectivity index (χ2v) is 6.50. The molecule has 0 radical (unpaired) electrons. The van der Waals surface area contributed by atoms with E-state index in [1.807, 2.05) is 26.8 Å². The number of aromatic nitrogens is 2. The van der Waals surface area contributed by atoms with Crippen molar-refractivity contribution in [2.24, 2.45) is 11.6 Å². The number of carbonyl (C=O) groups is 1. The molecule has 8 heteroatoms. The van der Waals surface area contributed by atoms with E-state index in [1.54, 1.807) is 11.3 Å². The molecular formula is C12H18N6OS. The number of hydrazine groups is 1. The van der Waals surface area contributed by atoms with Crippen molar-refractivity contribution >= 4 is 39.2 Å². The fourth-order valence-corrected chi connectivity index (χ4v) is 2.88. The van der Waals surface area contributed by atoms with Crippen LogP contribution in [0.1, 0.15) is 25.1 Å². The van der Waals surface area contributed by atoms with Crippen LogP contribution in [0.25, 0.3) is 10.2 Å². The summed E-state index contributed by atoms with van der Waals surface area (Å²) in [6.07, 6.45) is 0.201. The lowest BCUT2D eigenvalue weighted by Gasteiger charge is -2.25. The molecule has 0 unspecified atom stereocenters. The Hall–Kier alpha value is -1.93. The number of hydrogen-bond donors (Lipinski definition) is 4. The molecule has 0 atom stereocenters. The highest BCUT2D eigenvalue weighted by Crippen LogP contribution is 2.31. The Morgan fingerprint density at radius 2 is 2.15 bits per heavy atom. The van der Waals surface area contributed by atoms with Crippen molar-refractivity contribution in [3.63, 3.8) is 0 Å². The van der Waals surface area contributed by atoms with E-state index in [0.29, 0.717) is 11.8 Å². The minimum atomic E-state index is -0.505. The molecule has 0 saturated heterocycles. The van der Waals surface area contributed by atoms with Gasteiger partial charge in [0.2, 0.25) is 11.9 Å². The Morgan fingerprint density at radius 3 is 2.75 bits per heavy atom. The van der Waals surface area contributed by atoms with Gasteiger partial charge in [0.1, 0.15) is 10.6 Å². The Labute approximate surface area is 120 Å². The van der Waals surface area contributed by atoms with Crippen molar-refractivity contribution in [1.82, 2.24) is 9.97 Å². The zero-order chi connectivity index (χ0) is 14.9. The number of primary amides is 1. The number of nitrogens with two attached hydrogens (primary N) is 2. The molecule has 2 aromatic heterocycles. The maximum Gasteiger partial charge on any atom is 0.240 e. The first-order valence-corrected chi connectivity index (χ1v) is 6.94. The number of thiophene rings is 1. The number of nitrogens with one attached hydrogen (secondary N) is 2. The van der Waals surface area contributed by atoms with Gasteiger partial charge in [-0.25, -0.2) is 10.8 Å². The van der Waals surface area contributed by atoms with Crippen molar-refractivity contribution in [2.45, 2.75) is 32.7 Å². The van der Waals surface area contributed by atoms with Gasteiger partial charge in [0.25, 0.3) is 0 Å². The third kappa shape index (κ3) is 3.14. The quantitative estimate of drug-likeness (QED) is 0.488. The molecular weight excluding hydrogens is 276 g/mol. The van der Waals surface area contributed by atoms with Gasteiger partial charge in [0.15, 0.2) is 0 Å². The topological polar surface area (TPSA) is 119 Å². The van der Waals surface area contributed by atoms with Gasteiger partial charge in [0.05, 0.1) is 5.39 Å². The highest BCUT2D eigenvalue weighted by Gasteiger charge is 2.23. The van der Waals surface area contributed by atoms with Crippen LogP contribution < -0.4 is 22.3 Å². The van der Waals surface area contributed by atoms with Crippen LogP contribution in [0.3, 0.4) is 0 Å². The Kier molecular flexibility index (Phi) is 3.78. The zero-order valence-corrected chi connectivity index (χ0v) is 12.5. The molecule has 6 N–H and O–H groups in total. The molecule has 0 spiro atoms. The summed E-state index contributed by atoms with van der Waals surface area (Å²) in [6.45, 7) is 5.78. The highest BCUT2D eigenvalue weighted by atomic mass is 32.1. The number of amides is 1. The average molecular weight is 294 g/mol. The van der Waals surface area contributed by atoms with Gasteiger partial charge in [-0.15, -0.1) is 11.3 Å². The number of rotatable bonds is 5. The monoisotopic (exact) mass is 294 g/mol. The molecule has 1 amide bonds. The minimum absolute atomic E-state index is 0.201. The van der Waals surface area contributed by atoms with Crippen LogP contribution in [-0.2, 0) is 4.79 Å². The smallest absolute Gasteiger partial charge is 0.240 e. The van der Waals surface area contributed by atoms with E-state index in [9.17, 15) is 4.79 Å². The van der Waals surface area contributed by atoms with Gasteiger partial charge in [-0.05, 0) is 26.8 Å². The van der Waals surface area contributed by atoms with Gasteiger partial charge < -0.3 is 11.1 Å². The lowest BCUT2D eigenvalue weighted by molar-refractivity contribution is -0.118. The summed E-state index contributed by atoms with van der Waals surface area (Å²) in [7, 11) is 0. The summed E-state index contributed by atoms with van der Waals surface area (Å²) in [6, 6.07) is 2.00. The van der Waals surface area contributed by atoms with E-state index < -0.39 is 5.54 Å². The fraction of sp³-hybridized carbons (Fsp3) is 0.417. The summed E-state index contributed by atoms with van der Waals surface area (Å²) in [5.41, 5.74) is 7.21. The number of anilines is 2. The first-order valence-electron chi connectivity index (χ1n) is 6.12. The van der Waals surface area contributed by atoms with Gasteiger partial charge in [-0.1, -0.05) is 0 Å². The molecule has 0 aliphatic carbocycles. The van der Waals surface area contributed by atoms with E-state index in [1.165, 1.54) is 0 Å². The van der Waals surface area contributed by atoms with Crippen LogP contribution in [0.4, 0.5) is 11.8 Å². The lowest BCUT2D eigenvalue weighted by Crippen LogP contribution is -2.36. The Morgan fingerprint density at radius 1 is 1.45 bits per heavy atom. The average Bonchev–Trinajstić information content (AvgIpc) is 2.67. The second kappa shape index (κ2) is 5.22. The van der Waals surface area contributed by atoms with Crippen LogP contribution in [0, 0.1) is 6.92 Å². The number of aryl methyl sites for hydroxylation is 1. The number of fused-ring (bicyclic) bond motifs is 1. The third-order valence-electron chi connectivity index (χ3n) is 2.72. The zero-order valence-electron chi connectivity index (χ0n) is 11.7. The fourth-order valence-electron chi connectivity index (χ4n) is 2.00. The molecule has 2 heterocycles. The van der Waals surface area contributed by atoms with Crippen LogP contribution in [0.5, 0.6) is 0 Å². The molecule has 2 rings (SSSR count). The molecule has 0 saturated carbocycles. The van der Waals surface area contributed by atoms with E-state index >= 15 is 0 Å². The van der Waals surface area contributed by atoms with Crippen LogP contribution >= 0.6 is 11.3 Å². The summed E-state index contributed by atoms with van der Waals surface area (Å²) < 4.78 is 0. The predicted molar refractivity (Wildman–Crippen MR) is 81.5 cm³/mol. The number of hydrogen-bond acceptors (Lipinski definition) is 7. The van der Waals surface area contributed by atoms with Gasteiger partial charge >= 0.3 is 0 Å². The molecule has 0 aliphatic rings. The highest BCUT2D eigenvalue weighted by molar-refractivity contribution is 7.18. The maximum atomic E-state index is 11.1. The Balaban J connectivity index is 2.44. The Bertz CT molecular complexity index is 651. The molecule has 0 bridgehead atoms. The summed E-state index contributed by atoms with van der Waals surface area (Å²) >= 11 is 1.56. The second-order valence-electron chi connectivity index (χ2n) is 5.27. The molecule has 0 fully saturated rings. The van der Waals surface area contributed by atoms with E-state index in [0.717, 1.165) is 15.1 Å². The molecule has 20 heavy (non-hydrogen) atoms. The SMILES string of the molecule is Cc1cc2c(NC(C)(C)CC(N)=O)nc(NN)nc2s1. The first kappa shape index (κ1) is 14.5. The van der Waals surface area contributed by atoms with Crippen LogP contribution in [0.15, 0.2) is 6.07 Å². The molecule has 108 valence electrons. The normalized spacial score (nSPS) is 11.6. The van der Waals surface area contributed by atoms with Crippen molar-refractivity contribution in [2.75, 3.05) is 10.7 Å². The lowest BCUT2D eigenvalue weighted by atomic mass is 10.0. The number of nitrogen functional groups attached to an aromatic ring is 1. The van der Waals surface area contributed by atoms with Crippen molar-refractivity contribution in [3.05, 3.63) is 10.9 Å². The molecule has 0 aliphatic heterocycles. The van der Waals surface area contributed by atoms with Gasteiger partial charge in [-0.2, -0.15) is 4.98 Å². The van der Waals surface area contributed by atoms with Crippen molar-refractivity contribution in [1.29, 1.82) is 0 Å². The van der Waals surface area contributed by atoms with Crippen molar-refractivity contribution in [3.8, 4) is 0 Å². The minimum Gasteiger partial charge on any atom is -0.370 e. The van der Waals surface area contributed by atoms with Crippen molar-refractivity contribution < 1.29 is 4.79 Å². The largest absolute Gasteiger partial charge is 0.370 e. The maximum absolute atomic E-state index is 11.1. The van der Waals surface area contributed by atoms with E-state index in [4.69, 9.17) is 11.6 Å². The van der Waals surface area contributed by atoms with Gasteiger partial charge in [-0.3, -0.25) is 10.2 Å². The third-order valence-corrected chi connectivity index (χ3v) is 3.66. The predicted octanol–water partition coefficient (Wildman–Crippen LogP) is 1.35. The number of nitrogens with zero attached hydrogens (tertiary/aromatic N) is 2. The standard InChI is InChI=1S/C12H18N6OS/c1-6-4-7-9(17-12(2,3)5-8(13)19)15-11(18-14)16-10(7)20-6/h4H,5,14H2,1-3H3,(H2,13,19)(H2,15,16,17,18). The summed E-state index contributed by atoms with van der Waals surface area (Å²) in [4.78, 5) is 21.7. The van der Waals surface area contributed by atoms with Crippen LogP contribution in [0.2, 0.25) is 0 Å². The summed E-state index contributed by atoms with van der Waals surface area (Å²) in [5, 5.41) is 4.15. The first-order chi connectivity index (χ1) is 9.30. The molecule has 7 nitrogen and oxygen atoms in total. The number of carbonyl (C=O) groups excluding carboxylic acids is 1. The molecule has 2 aromatic rings. The van der Waals surface area contributed by atoms with Gasteiger partial charge in [0, 0.05) is 16.8 Å². The summed E-state index contributed by atoms with van der Waals surface area (Å²) in [5.74, 6) is 5.99.